The number of hydrogen-bond acceptors (Lipinski definition) is 2. The van der Waals surface area contributed by atoms with Crippen LogP contribution in [0, 0.1) is 11.8 Å². The van der Waals surface area contributed by atoms with E-state index in [1.54, 1.807) is 0 Å². The van der Waals surface area contributed by atoms with Gasteiger partial charge < -0.3 is 9.47 Å². The molecule has 0 aliphatic heterocycles. The fourth-order valence-electron chi connectivity index (χ4n) is 1.55. The SMILES string of the molecule is CCCCCCC(OCC(C)C)OCC(C)C. The molecule has 0 aromatic carbocycles. The molecule has 0 radical (unpaired) electrons. The van der Waals surface area contributed by atoms with E-state index in [9.17, 15) is 0 Å². The Balaban J connectivity index is 3.75. The third kappa shape index (κ3) is 12.2. The average molecular weight is 244 g/mol. The molecule has 0 unspecified atom stereocenters. The van der Waals surface area contributed by atoms with E-state index in [2.05, 4.69) is 34.6 Å². The molecule has 0 aliphatic rings. The van der Waals surface area contributed by atoms with Crippen LogP contribution in [-0.4, -0.2) is 19.5 Å². The normalized spacial score (nSPS) is 12.0. The Labute approximate surface area is 108 Å². The molecule has 0 rings (SSSR count). The van der Waals surface area contributed by atoms with Gasteiger partial charge in [-0.15, -0.1) is 0 Å². The molecule has 0 heterocycles. The van der Waals surface area contributed by atoms with Crippen LogP contribution in [-0.2, 0) is 9.47 Å². The first-order valence-electron chi connectivity index (χ1n) is 7.29. The smallest absolute Gasteiger partial charge is 0.157 e. The molecule has 0 atom stereocenters. The Morgan fingerprint density at radius 2 is 1.29 bits per heavy atom. The van der Waals surface area contributed by atoms with Crippen molar-refractivity contribution in [3.63, 3.8) is 0 Å². The van der Waals surface area contributed by atoms with Gasteiger partial charge in [-0.25, -0.2) is 0 Å². The lowest BCUT2D eigenvalue weighted by Crippen LogP contribution is -2.22. The fourth-order valence-corrected chi connectivity index (χ4v) is 1.55. The molecule has 2 nitrogen and oxygen atoms in total. The van der Waals surface area contributed by atoms with E-state index in [1.165, 1.54) is 25.7 Å². The van der Waals surface area contributed by atoms with Crippen LogP contribution in [0.4, 0.5) is 0 Å². The molecule has 0 aromatic rings. The Morgan fingerprint density at radius 3 is 1.71 bits per heavy atom. The van der Waals surface area contributed by atoms with Crippen molar-refractivity contribution in [1.82, 2.24) is 0 Å². The molecule has 0 aromatic heterocycles. The molecular weight excluding hydrogens is 212 g/mol. The Morgan fingerprint density at radius 1 is 0.765 bits per heavy atom. The van der Waals surface area contributed by atoms with Gasteiger partial charge in [0.05, 0.1) is 13.2 Å². The molecule has 0 spiro atoms. The first kappa shape index (κ1) is 16.9. The summed E-state index contributed by atoms with van der Waals surface area (Å²) in [6, 6.07) is 0. The number of rotatable bonds is 11. The number of ether oxygens (including phenoxy) is 2. The van der Waals surface area contributed by atoms with Crippen LogP contribution in [0.5, 0.6) is 0 Å². The zero-order valence-corrected chi connectivity index (χ0v) is 12.5. The standard InChI is InChI=1S/C15H32O2/c1-6-7-8-9-10-15(16-11-13(2)3)17-12-14(4)5/h13-15H,6-12H2,1-5H3. The van der Waals surface area contributed by atoms with E-state index in [0.717, 1.165) is 19.6 Å². The van der Waals surface area contributed by atoms with Crippen molar-refractivity contribution in [3.8, 4) is 0 Å². The summed E-state index contributed by atoms with van der Waals surface area (Å²) in [4.78, 5) is 0. The van der Waals surface area contributed by atoms with Crippen LogP contribution in [0.2, 0.25) is 0 Å². The lowest BCUT2D eigenvalue weighted by molar-refractivity contribution is -0.157. The van der Waals surface area contributed by atoms with Gasteiger partial charge in [0.1, 0.15) is 0 Å². The maximum Gasteiger partial charge on any atom is 0.157 e. The predicted octanol–water partition coefficient (Wildman–Crippen LogP) is 4.63. The molecule has 0 bridgehead atoms. The van der Waals surface area contributed by atoms with Gasteiger partial charge in [0.25, 0.3) is 0 Å². The highest BCUT2D eigenvalue weighted by molar-refractivity contribution is 4.51. The Hall–Kier alpha value is -0.0800. The van der Waals surface area contributed by atoms with Crippen molar-refractivity contribution in [2.75, 3.05) is 13.2 Å². The molecule has 2 heteroatoms. The molecule has 0 aliphatic carbocycles. The van der Waals surface area contributed by atoms with E-state index in [-0.39, 0.29) is 6.29 Å². The summed E-state index contributed by atoms with van der Waals surface area (Å²) in [6.45, 7) is 12.6. The molecule has 0 fully saturated rings. The summed E-state index contributed by atoms with van der Waals surface area (Å²) in [5.41, 5.74) is 0. The van der Waals surface area contributed by atoms with E-state index in [0.29, 0.717) is 11.8 Å². The van der Waals surface area contributed by atoms with E-state index in [4.69, 9.17) is 9.47 Å². The Bertz CT molecular complexity index is 143. The highest BCUT2D eigenvalue weighted by atomic mass is 16.7. The first-order valence-corrected chi connectivity index (χ1v) is 7.29. The molecule has 0 saturated carbocycles. The molecule has 0 saturated heterocycles. The van der Waals surface area contributed by atoms with Gasteiger partial charge in [-0.3, -0.25) is 0 Å². The third-order valence-electron chi connectivity index (χ3n) is 2.52. The maximum atomic E-state index is 5.81. The summed E-state index contributed by atoms with van der Waals surface area (Å²) in [7, 11) is 0. The van der Waals surface area contributed by atoms with Crippen molar-refractivity contribution in [3.05, 3.63) is 0 Å². The second kappa shape index (κ2) is 11.0. The quantitative estimate of drug-likeness (QED) is 0.390. The lowest BCUT2D eigenvalue weighted by Gasteiger charge is -2.21. The zero-order chi connectivity index (χ0) is 13.1. The van der Waals surface area contributed by atoms with Crippen molar-refractivity contribution in [2.24, 2.45) is 11.8 Å². The van der Waals surface area contributed by atoms with Gasteiger partial charge in [-0.05, 0) is 24.7 Å². The van der Waals surface area contributed by atoms with Crippen molar-refractivity contribution in [1.29, 1.82) is 0 Å². The minimum atomic E-state index is 0.0108. The minimum Gasteiger partial charge on any atom is -0.352 e. The molecule has 104 valence electrons. The first-order chi connectivity index (χ1) is 8.06. The van der Waals surface area contributed by atoms with Gasteiger partial charge in [-0.2, -0.15) is 0 Å². The monoisotopic (exact) mass is 244 g/mol. The van der Waals surface area contributed by atoms with Gasteiger partial charge >= 0.3 is 0 Å². The van der Waals surface area contributed by atoms with Crippen molar-refractivity contribution in [2.45, 2.75) is 73.0 Å². The number of unbranched alkanes of at least 4 members (excludes halogenated alkanes) is 3. The van der Waals surface area contributed by atoms with Crippen molar-refractivity contribution < 1.29 is 9.47 Å². The minimum absolute atomic E-state index is 0.0108. The second-order valence-electron chi connectivity index (χ2n) is 5.73. The van der Waals surface area contributed by atoms with Crippen LogP contribution in [0.15, 0.2) is 0 Å². The zero-order valence-electron chi connectivity index (χ0n) is 12.5. The summed E-state index contributed by atoms with van der Waals surface area (Å²) in [5.74, 6) is 1.16. The van der Waals surface area contributed by atoms with Crippen LogP contribution in [0.25, 0.3) is 0 Å². The van der Waals surface area contributed by atoms with Gasteiger partial charge in [0, 0.05) is 0 Å². The fraction of sp³-hybridized carbons (Fsp3) is 1.00. The van der Waals surface area contributed by atoms with Crippen LogP contribution in [0.1, 0.15) is 66.7 Å². The number of hydrogen-bond donors (Lipinski definition) is 0. The molecule has 0 N–H and O–H groups in total. The van der Waals surface area contributed by atoms with Crippen LogP contribution < -0.4 is 0 Å². The molecule has 0 amide bonds. The van der Waals surface area contributed by atoms with E-state index in [1.807, 2.05) is 0 Å². The van der Waals surface area contributed by atoms with Crippen LogP contribution in [0.3, 0.4) is 0 Å². The average Bonchev–Trinajstić information content (AvgIpc) is 2.26. The van der Waals surface area contributed by atoms with E-state index >= 15 is 0 Å². The topological polar surface area (TPSA) is 18.5 Å². The predicted molar refractivity (Wildman–Crippen MR) is 74.1 cm³/mol. The third-order valence-corrected chi connectivity index (χ3v) is 2.52. The summed E-state index contributed by atoms with van der Waals surface area (Å²) in [5, 5.41) is 0. The van der Waals surface area contributed by atoms with Gasteiger partial charge in [0.15, 0.2) is 6.29 Å². The van der Waals surface area contributed by atoms with Crippen LogP contribution >= 0.6 is 0 Å². The highest BCUT2D eigenvalue weighted by Gasteiger charge is 2.11. The van der Waals surface area contributed by atoms with Crippen molar-refractivity contribution >= 4 is 0 Å². The Kier molecular flexibility index (Phi) is 11.0. The second-order valence-corrected chi connectivity index (χ2v) is 5.73. The maximum absolute atomic E-state index is 5.81. The lowest BCUT2D eigenvalue weighted by atomic mass is 10.1. The molecule has 17 heavy (non-hydrogen) atoms. The van der Waals surface area contributed by atoms with Gasteiger partial charge in [-0.1, -0.05) is 53.9 Å². The summed E-state index contributed by atoms with van der Waals surface area (Å²) >= 11 is 0. The van der Waals surface area contributed by atoms with Gasteiger partial charge in [0.2, 0.25) is 0 Å². The highest BCUT2D eigenvalue weighted by Crippen LogP contribution is 2.12. The molecular formula is C15H32O2. The summed E-state index contributed by atoms with van der Waals surface area (Å²) < 4.78 is 11.6. The summed E-state index contributed by atoms with van der Waals surface area (Å²) in [6.07, 6.45) is 6.17. The largest absolute Gasteiger partial charge is 0.352 e. The van der Waals surface area contributed by atoms with E-state index < -0.39 is 0 Å².